The quantitative estimate of drug-likeness (QED) is 0.747. The zero-order chi connectivity index (χ0) is 21.3. The van der Waals surface area contributed by atoms with Crippen LogP contribution in [0, 0.1) is 0 Å². The fourth-order valence-corrected chi connectivity index (χ4v) is 4.02. The summed E-state index contributed by atoms with van der Waals surface area (Å²) < 4.78 is 0. The lowest BCUT2D eigenvalue weighted by Crippen LogP contribution is -2.32. The van der Waals surface area contributed by atoms with Gasteiger partial charge in [-0.1, -0.05) is 24.3 Å². The summed E-state index contributed by atoms with van der Waals surface area (Å²) in [7, 11) is 0. The molecule has 2 aliphatic rings. The number of anilines is 1. The predicted molar refractivity (Wildman–Crippen MR) is 111 cm³/mol. The molecular formula is C23H23N3O4. The highest BCUT2D eigenvalue weighted by atomic mass is 16.2. The van der Waals surface area contributed by atoms with Gasteiger partial charge in [0.2, 0.25) is 11.8 Å². The summed E-state index contributed by atoms with van der Waals surface area (Å²) in [5.41, 5.74) is 3.88. The summed E-state index contributed by atoms with van der Waals surface area (Å²) >= 11 is 0. The second-order valence-electron chi connectivity index (χ2n) is 7.57. The molecule has 0 bridgehead atoms. The maximum atomic E-state index is 12.3. The minimum atomic E-state index is -0.297. The largest absolute Gasteiger partial charge is 0.352 e. The molecule has 2 aromatic carbocycles. The van der Waals surface area contributed by atoms with E-state index in [1.165, 1.54) is 4.90 Å². The summed E-state index contributed by atoms with van der Waals surface area (Å²) in [4.78, 5) is 51.5. The van der Waals surface area contributed by atoms with Gasteiger partial charge >= 0.3 is 0 Å². The van der Waals surface area contributed by atoms with E-state index < -0.39 is 0 Å². The van der Waals surface area contributed by atoms with Crippen LogP contribution >= 0.6 is 0 Å². The van der Waals surface area contributed by atoms with Crippen LogP contribution in [0.3, 0.4) is 0 Å². The van der Waals surface area contributed by atoms with Crippen LogP contribution in [0.4, 0.5) is 5.69 Å². The molecule has 1 N–H and O–H groups in total. The lowest BCUT2D eigenvalue weighted by molar-refractivity contribution is -0.121. The van der Waals surface area contributed by atoms with Crippen LogP contribution in [0.1, 0.15) is 51.6 Å². The number of amides is 4. The zero-order valence-electron chi connectivity index (χ0n) is 16.8. The summed E-state index contributed by atoms with van der Waals surface area (Å²) in [6.45, 7) is 2.88. The number of imide groups is 1. The first kappa shape index (κ1) is 19.8. The van der Waals surface area contributed by atoms with Gasteiger partial charge in [0.15, 0.2) is 0 Å². The molecule has 2 aliphatic heterocycles. The monoisotopic (exact) mass is 405 g/mol. The van der Waals surface area contributed by atoms with Gasteiger partial charge in [0.05, 0.1) is 11.1 Å². The molecule has 154 valence electrons. The Balaban J connectivity index is 1.25. The number of nitrogens with one attached hydrogen (secondary N) is 1. The van der Waals surface area contributed by atoms with Crippen LogP contribution in [0.15, 0.2) is 42.5 Å². The van der Waals surface area contributed by atoms with Gasteiger partial charge in [0.25, 0.3) is 11.8 Å². The molecule has 7 nitrogen and oxygen atoms in total. The molecule has 2 aromatic rings. The van der Waals surface area contributed by atoms with Gasteiger partial charge in [-0.2, -0.15) is 0 Å². The van der Waals surface area contributed by atoms with Crippen molar-refractivity contribution in [1.29, 1.82) is 0 Å². The number of carbonyl (C=O) groups excluding carboxylic acids is 4. The van der Waals surface area contributed by atoms with E-state index in [1.54, 1.807) is 36.1 Å². The van der Waals surface area contributed by atoms with E-state index in [0.29, 0.717) is 30.6 Å². The third kappa shape index (κ3) is 3.70. The second kappa shape index (κ2) is 8.10. The lowest BCUT2D eigenvalue weighted by Gasteiger charge is -2.15. The highest BCUT2D eigenvalue weighted by Gasteiger charge is 2.34. The van der Waals surface area contributed by atoms with Crippen molar-refractivity contribution in [2.75, 3.05) is 18.0 Å². The molecule has 0 spiro atoms. The van der Waals surface area contributed by atoms with Crippen LogP contribution in [-0.2, 0) is 22.6 Å². The van der Waals surface area contributed by atoms with Crippen molar-refractivity contribution in [3.8, 4) is 0 Å². The van der Waals surface area contributed by atoms with Crippen molar-refractivity contribution in [3.63, 3.8) is 0 Å². The SMILES string of the molecule is CC(=O)N1CCc2cc(CNC(=O)CCCN3C(=O)c4ccccc4C3=O)ccc21. The number of nitrogens with zero attached hydrogens (tertiary/aromatic N) is 2. The van der Waals surface area contributed by atoms with E-state index in [1.807, 2.05) is 18.2 Å². The van der Waals surface area contributed by atoms with Crippen LogP contribution < -0.4 is 10.2 Å². The van der Waals surface area contributed by atoms with Gasteiger partial charge in [-0.15, -0.1) is 0 Å². The van der Waals surface area contributed by atoms with Gasteiger partial charge in [0, 0.05) is 38.7 Å². The Morgan fingerprint density at radius 2 is 1.73 bits per heavy atom. The lowest BCUT2D eigenvalue weighted by atomic mass is 10.1. The van der Waals surface area contributed by atoms with Crippen molar-refractivity contribution in [3.05, 3.63) is 64.7 Å². The Kier molecular flexibility index (Phi) is 5.35. The van der Waals surface area contributed by atoms with Gasteiger partial charge in [-0.05, 0) is 42.2 Å². The predicted octanol–water partition coefficient (Wildman–Crippen LogP) is 2.29. The molecule has 0 aliphatic carbocycles. The summed E-state index contributed by atoms with van der Waals surface area (Å²) in [5, 5.41) is 2.88. The van der Waals surface area contributed by atoms with Crippen molar-refractivity contribution in [1.82, 2.24) is 10.2 Å². The van der Waals surface area contributed by atoms with Crippen LogP contribution in [0.2, 0.25) is 0 Å². The Morgan fingerprint density at radius 1 is 1.03 bits per heavy atom. The fraction of sp³-hybridized carbons (Fsp3) is 0.304. The third-order valence-corrected chi connectivity index (χ3v) is 5.57. The Hall–Kier alpha value is -3.48. The number of fused-ring (bicyclic) bond motifs is 2. The Bertz CT molecular complexity index is 1010. The van der Waals surface area contributed by atoms with Gasteiger partial charge in [-0.3, -0.25) is 24.1 Å². The van der Waals surface area contributed by atoms with Gasteiger partial charge in [-0.25, -0.2) is 0 Å². The third-order valence-electron chi connectivity index (χ3n) is 5.57. The number of rotatable bonds is 6. The van der Waals surface area contributed by atoms with Gasteiger partial charge < -0.3 is 10.2 Å². The highest BCUT2D eigenvalue weighted by Crippen LogP contribution is 2.29. The van der Waals surface area contributed by atoms with Crippen molar-refractivity contribution < 1.29 is 19.2 Å². The molecule has 0 unspecified atom stereocenters. The second-order valence-corrected chi connectivity index (χ2v) is 7.57. The Labute approximate surface area is 174 Å². The maximum Gasteiger partial charge on any atom is 0.261 e. The molecule has 7 heteroatoms. The van der Waals surface area contributed by atoms with Crippen molar-refractivity contribution in [2.24, 2.45) is 0 Å². The maximum absolute atomic E-state index is 12.3. The van der Waals surface area contributed by atoms with E-state index in [4.69, 9.17) is 0 Å². The Morgan fingerprint density at radius 3 is 2.40 bits per heavy atom. The van der Waals surface area contributed by atoms with Crippen LogP contribution in [0.5, 0.6) is 0 Å². The molecule has 2 heterocycles. The average molecular weight is 405 g/mol. The van der Waals surface area contributed by atoms with E-state index in [-0.39, 0.29) is 36.6 Å². The highest BCUT2D eigenvalue weighted by molar-refractivity contribution is 6.21. The summed E-state index contributed by atoms with van der Waals surface area (Å²) in [5.74, 6) is -0.687. The van der Waals surface area contributed by atoms with E-state index >= 15 is 0 Å². The summed E-state index contributed by atoms with van der Waals surface area (Å²) in [6.07, 6.45) is 1.46. The minimum Gasteiger partial charge on any atom is -0.352 e. The molecule has 0 atom stereocenters. The minimum absolute atomic E-state index is 0.0351. The van der Waals surface area contributed by atoms with Crippen molar-refractivity contribution in [2.45, 2.75) is 32.7 Å². The van der Waals surface area contributed by atoms with E-state index in [9.17, 15) is 19.2 Å². The van der Waals surface area contributed by atoms with Gasteiger partial charge in [0.1, 0.15) is 0 Å². The number of carbonyl (C=O) groups is 4. The molecule has 4 amide bonds. The molecule has 0 saturated carbocycles. The molecule has 0 aromatic heterocycles. The van der Waals surface area contributed by atoms with Crippen LogP contribution in [-0.4, -0.2) is 41.6 Å². The first-order valence-electron chi connectivity index (χ1n) is 10.1. The fourth-order valence-electron chi connectivity index (χ4n) is 4.02. The number of hydrogen-bond acceptors (Lipinski definition) is 4. The normalized spacial score (nSPS) is 14.7. The zero-order valence-corrected chi connectivity index (χ0v) is 16.8. The smallest absolute Gasteiger partial charge is 0.261 e. The molecule has 0 saturated heterocycles. The van der Waals surface area contributed by atoms with E-state index in [2.05, 4.69) is 5.32 Å². The standard InChI is InChI=1S/C23H23N3O4/c1-15(27)25-12-10-17-13-16(8-9-20(17)25)14-24-21(28)7-4-11-26-22(29)18-5-2-3-6-19(18)23(26)30/h2-3,5-6,8-9,13H,4,7,10-12,14H2,1H3,(H,24,28). The molecule has 4 rings (SSSR count). The number of benzene rings is 2. The molecule has 0 fully saturated rings. The topological polar surface area (TPSA) is 86.8 Å². The first-order valence-corrected chi connectivity index (χ1v) is 10.1. The first-order chi connectivity index (χ1) is 14.5. The van der Waals surface area contributed by atoms with E-state index in [0.717, 1.165) is 23.2 Å². The molecule has 0 radical (unpaired) electrons. The number of hydrogen-bond donors (Lipinski definition) is 1. The van der Waals surface area contributed by atoms with Crippen molar-refractivity contribution >= 4 is 29.3 Å². The molecular weight excluding hydrogens is 382 g/mol. The molecule has 30 heavy (non-hydrogen) atoms. The van der Waals surface area contributed by atoms with Crippen LogP contribution in [0.25, 0.3) is 0 Å². The summed E-state index contributed by atoms with van der Waals surface area (Å²) in [6, 6.07) is 12.6. The average Bonchev–Trinajstić information content (AvgIpc) is 3.27.